The summed E-state index contributed by atoms with van der Waals surface area (Å²) < 4.78 is 1.84. The van der Waals surface area contributed by atoms with Gasteiger partial charge in [0, 0.05) is 6.20 Å². The van der Waals surface area contributed by atoms with E-state index in [0.29, 0.717) is 11.7 Å². The second-order valence-corrected chi connectivity index (χ2v) is 6.36. The number of aromatic nitrogens is 2. The van der Waals surface area contributed by atoms with Crippen LogP contribution in [0.1, 0.15) is 62.0 Å². The van der Waals surface area contributed by atoms with Crippen LogP contribution in [0.4, 0.5) is 0 Å². The first-order valence-corrected chi connectivity index (χ1v) is 7.62. The highest BCUT2D eigenvalue weighted by atomic mass is 16.4. The molecule has 1 aromatic rings. The van der Waals surface area contributed by atoms with Gasteiger partial charge >= 0.3 is 5.97 Å². The number of nitrogens with zero attached hydrogens (tertiary/aromatic N) is 2. The van der Waals surface area contributed by atoms with Crippen molar-refractivity contribution >= 4 is 11.9 Å². The third kappa shape index (κ3) is 2.66. The predicted octanol–water partition coefficient (Wildman–Crippen LogP) is 1.98. The molecule has 21 heavy (non-hydrogen) atoms. The number of rotatable bonds is 5. The van der Waals surface area contributed by atoms with E-state index in [1.165, 1.54) is 12.8 Å². The zero-order chi connectivity index (χ0) is 15.0. The van der Waals surface area contributed by atoms with E-state index < -0.39 is 17.4 Å². The first-order valence-electron chi connectivity index (χ1n) is 7.62. The van der Waals surface area contributed by atoms with Crippen LogP contribution in [-0.4, -0.2) is 32.3 Å². The zero-order valence-corrected chi connectivity index (χ0v) is 12.2. The number of hydrogen-bond donors (Lipinski definition) is 2. The molecule has 1 atom stereocenters. The van der Waals surface area contributed by atoms with Crippen molar-refractivity contribution in [3.8, 4) is 0 Å². The summed E-state index contributed by atoms with van der Waals surface area (Å²) in [5.41, 5.74) is -0.885. The molecule has 0 saturated heterocycles. The maximum Gasteiger partial charge on any atom is 0.329 e. The standard InChI is InChI=1S/C15H21N3O3/c1-15(14(20)21,10-6-7-10)16-13(19)12-8-9-18(17-12)11-4-2-3-5-11/h8-11H,2-7H2,1H3,(H,16,19)(H,20,21)/t15-/m1/s1. The van der Waals surface area contributed by atoms with E-state index in [1.54, 1.807) is 13.0 Å². The molecule has 0 unspecified atom stereocenters. The summed E-state index contributed by atoms with van der Waals surface area (Å²) >= 11 is 0. The van der Waals surface area contributed by atoms with E-state index in [4.69, 9.17) is 0 Å². The van der Waals surface area contributed by atoms with Gasteiger partial charge in [-0.1, -0.05) is 12.8 Å². The lowest BCUT2D eigenvalue weighted by molar-refractivity contribution is -0.144. The van der Waals surface area contributed by atoms with Crippen LogP contribution in [0.15, 0.2) is 12.3 Å². The fourth-order valence-electron chi connectivity index (χ4n) is 3.12. The summed E-state index contributed by atoms with van der Waals surface area (Å²) in [5.74, 6) is -1.35. The van der Waals surface area contributed by atoms with E-state index in [2.05, 4.69) is 10.4 Å². The fraction of sp³-hybridized carbons (Fsp3) is 0.667. The quantitative estimate of drug-likeness (QED) is 0.868. The summed E-state index contributed by atoms with van der Waals surface area (Å²) in [6.07, 6.45) is 8.10. The van der Waals surface area contributed by atoms with E-state index in [-0.39, 0.29) is 5.92 Å². The van der Waals surface area contributed by atoms with Gasteiger partial charge in [-0.15, -0.1) is 0 Å². The molecule has 6 heteroatoms. The Kier molecular flexibility index (Phi) is 3.47. The van der Waals surface area contributed by atoms with Crippen molar-refractivity contribution in [2.24, 2.45) is 5.92 Å². The van der Waals surface area contributed by atoms with Crippen LogP contribution >= 0.6 is 0 Å². The van der Waals surface area contributed by atoms with Crippen LogP contribution in [0.5, 0.6) is 0 Å². The van der Waals surface area contributed by atoms with Crippen molar-refractivity contribution in [3.63, 3.8) is 0 Å². The summed E-state index contributed by atoms with van der Waals surface area (Å²) in [6, 6.07) is 2.05. The number of aliphatic carboxylic acids is 1. The van der Waals surface area contributed by atoms with Crippen LogP contribution in [-0.2, 0) is 4.79 Å². The Morgan fingerprint density at radius 3 is 2.57 bits per heavy atom. The Morgan fingerprint density at radius 2 is 2.00 bits per heavy atom. The topological polar surface area (TPSA) is 84.2 Å². The molecule has 2 N–H and O–H groups in total. The van der Waals surface area contributed by atoms with Gasteiger partial charge in [-0.3, -0.25) is 9.48 Å². The second-order valence-electron chi connectivity index (χ2n) is 6.36. The van der Waals surface area contributed by atoms with Crippen molar-refractivity contribution in [1.29, 1.82) is 0 Å². The third-order valence-electron chi connectivity index (χ3n) is 4.75. The van der Waals surface area contributed by atoms with E-state index >= 15 is 0 Å². The number of carbonyl (C=O) groups excluding carboxylic acids is 1. The SMILES string of the molecule is C[C@](NC(=O)c1ccn(C2CCCC2)n1)(C(=O)O)C1CC1. The minimum Gasteiger partial charge on any atom is -0.480 e. The van der Waals surface area contributed by atoms with Crippen LogP contribution < -0.4 is 5.32 Å². The van der Waals surface area contributed by atoms with Crippen molar-refractivity contribution in [2.75, 3.05) is 0 Å². The Bertz CT molecular complexity index is 558. The van der Waals surface area contributed by atoms with Gasteiger partial charge in [0.15, 0.2) is 0 Å². The first-order chi connectivity index (χ1) is 10.0. The normalized spacial score (nSPS) is 22.0. The lowest BCUT2D eigenvalue weighted by atomic mass is 9.96. The molecule has 1 aromatic heterocycles. The Balaban J connectivity index is 1.71. The fourth-order valence-corrected chi connectivity index (χ4v) is 3.12. The molecule has 0 aromatic carbocycles. The van der Waals surface area contributed by atoms with E-state index in [9.17, 15) is 14.7 Å². The van der Waals surface area contributed by atoms with Crippen LogP contribution in [0.2, 0.25) is 0 Å². The highest BCUT2D eigenvalue weighted by molar-refractivity contribution is 5.96. The van der Waals surface area contributed by atoms with Gasteiger partial charge in [-0.2, -0.15) is 5.10 Å². The largest absolute Gasteiger partial charge is 0.480 e. The maximum absolute atomic E-state index is 12.3. The Morgan fingerprint density at radius 1 is 1.33 bits per heavy atom. The van der Waals surface area contributed by atoms with Gasteiger partial charge in [-0.05, 0) is 44.6 Å². The number of hydrogen-bond acceptors (Lipinski definition) is 3. The zero-order valence-electron chi connectivity index (χ0n) is 12.2. The number of carboxylic acids is 1. The van der Waals surface area contributed by atoms with Gasteiger partial charge in [-0.25, -0.2) is 4.79 Å². The lowest BCUT2D eigenvalue weighted by Crippen LogP contribution is -2.54. The molecule has 2 aliphatic carbocycles. The van der Waals surface area contributed by atoms with Gasteiger partial charge < -0.3 is 10.4 Å². The number of carbonyl (C=O) groups is 2. The van der Waals surface area contributed by atoms with Gasteiger partial charge in [0.05, 0.1) is 6.04 Å². The number of amides is 1. The maximum atomic E-state index is 12.3. The number of nitrogens with one attached hydrogen (secondary N) is 1. The summed E-state index contributed by atoms with van der Waals surface area (Å²) in [6.45, 7) is 1.58. The van der Waals surface area contributed by atoms with Crippen molar-refractivity contribution < 1.29 is 14.7 Å². The van der Waals surface area contributed by atoms with Gasteiger partial charge in [0.1, 0.15) is 11.2 Å². The molecule has 1 heterocycles. The molecule has 2 saturated carbocycles. The average Bonchev–Trinajstić information content (AvgIpc) is 2.97. The summed E-state index contributed by atoms with van der Waals surface area (Å²) in [7, 11) is 0. The van der Waals surface area contributed by atoms with Crippen LogP contribution in [0.25, 0.3) is 0 Å². The third-order valence-corrected chi connectivity index (χ3v) is 4.75. The van der Waals surface area contributed by atoms with Crippen molar-refractivity contribution in [1.82, 2.24) is 15.1 Å². The van der Waals surface area contributed by atoms with Crippen LogP contribution in [0.3, 0.4) is 0 Å². The van der Waals surface area contributed by atoms with Crippen molar-refractivity contribution in [3.05, 3.63) is 18.0 Å². The molecule has 6 nitrogen and oxygen atoms in total. The molecule has 0 aliphatic heterocycles. The van der Waals surface area contributed by atoms with Crippen LogP contribution in [0, 0.1) is 5.92 Å². The summed E-state index contributed by atoms with van der Waals surface area (Å²) in [5, 5.41) is 16.4. The first kappa shape index (κ1) is 14.1. The van der Waals surface area contributed by atoms with Gasteiger partial charge in [0.2, 0.25) is 0 Å². The Hall–Kier alpha value is -1.85. The minimum atomic E-state index is -1.19. The Labute approximate surface area is 123 Å². The second kappa shape index (κ2) is 5.16. The molecule has 0 spiro atoms. The average molecular weight is 291 g/mol. The van der Waals surface area contributed by atoms with E-state index in [1.807, 2.05) is 10.9 Å². The molecule has 114 valence electrons. The highest BCUT2D eigenvalue weighted by Crippen LogP contribution is 2.39. The minimum absolute atomic E-state index is 0.0240. The lowest BCUT2D eigenvalue weighted by Gasteiger charge is -2.25. The van der Waals surface area contributed by atoms with Gasteiger partial charge in [0.25, 0.3) is 5.91 Å². The molecule has 0 radical (unpaired) electrons. The molecular weight excluding hydrogens is 270 g/mol. The molecular formula is C15H21N3O3. The molecule has 1 amide bonds. The predicted molar refractivity (Wildman–Crippen MR) is 76.0 cm³/mol. The smallest absolute Gasteiger partial charge is 0.329 e. The highest BCUT2D eigenvalue weighted by Gasteiger charge is 2.48. The molecule has 2 aliphatic rings. The molecule has 2 fully saturated rings. The number of carboxylic acid groups (broad SMARTS) is 1. The monoisotopic (exact) mass is 291 g/mol. The van der Waals surface area contributed by atoms with E-state index in [0.717, 1.165) is 25.7 Å². The summed E-state index contributed by atoms with van der Waals surface area (Å²) in [4.78, 5) is 23.7. The van der Waals surface area contributed by atoms with Crippen molar-refractivity contribution in [2.45, 2.75) is 57.0 Å². The molecule has 0 bridgehead atoms. The molecule has 3 rings (SSSR count).